The van der Waals surface area contributed by atoms with Crippen LogP contribution in [0.15, 0.2) is 34.2 Å². The first-order valence-corrected chi connectivity index (χ1v) is 8.18. The van der Waals surface area contributed by atoms with E-state index in [0.29, 0.717) is 18.5 Å². The predicted molar refractivity (Wildman–Crippen MR) is 78.5 cm³/mol. The third kappa shape index (κ3) is 4.21. The van der Waals surface area contributed by atoms with Gasteiger partial charge in [0.2, 0.25) is 10.0 Å². The number of nitrogens with one attached hydrogen (secondary N) is 1. The summed E-state index contributed by atoms with van der Waals surface area (Å²) in [5.41, 5.74) is 6.58. The van der Waals surface area contributed by atoms with Gasteiger partial charge in [0.15, 0.2) is 5.96 Å². The minimum atomic E-state index is -3.68. The summed E-state index contributed by atoms with van der Waals surface area (Å²) in [5.74, 6) is 0.401. The Hall–Kier alpha value is -1.60. The van der Waals surface area contributed by atoms with Crippen molar-refractivity contribution in [3.8, 4) is 0 Å². The quantitative estimate of drug-likeness (QED) is 0.560. The molecule has 1 fully saturated rings. The van der Waals surface area contributed by atoms with E-state index >= 15 is 0 Å². The molecule has 0 spiro atoms. The Morgan fingerprint density at radius 3 is 2.70 bits per heavy atom. The smallest absolute Gasteiger partial charge is 0.238 e. The van der Waals surface area contributed by atoms with Gasteiger partial charge < -0.3 is 11.1 Å². The number of sulfonamides is 1. The Bertz CT molecular complexity index is 592. The van der Waals surface area contributed by atoms with Gasteiger partial charge in [-0.3, -0.25) is 0 Å². The summed E-state index contributed by atoms with van der Waals surface area (Å²) in [7, 11) is -3.68. The maximum Gasteiger partial charge on any atom is 0.238 e. The molecule has 1 aliphatic rings. The molecule has 0 aromatic heterocycles. The molecular formula is C13H20N4O2S. The average Bonchev–Trinajstić information content (AvgIpc) is 2.88. The largest absolute Gasteiger partial charge is 0.370 e. The topological polar surface area (TPSA) is 111 Å². The van der Waals surface area contributed by atoms with Crippen LogP contribution in [0.2, 0.25) is 0 Å². The number of primary sulfonamides is 1. The third-order valence-corrected chi connectivity index (χ3v) is 4.28. The number of hydrogen-bond acceptors (Lipinski definition) is 3. The van der Waals surface area contributed by atoms with E-state index < -0.39 is 10.0 Å². The van der Waals surface area contributed by atoms with Crippen molar-refractivity contribution < 1.29 is 8.42 Å². The Morgan fingerprint density at radius 2 is 2.05 bits per heavy atom. The van der Waals surface area contributed by atoms with E-state index in [-0.39, 0.29) is 4.90 Å². The number of benzene rings is 1. The number of nitrogens with zero attached hydrogens (tertiary/aromatic N) is 1. The summed E-state index contributed by atoms with van der Waals surface area (Å²) in [5, 5.41) is 8.27. The highest BCUT2D eigenvalue weighted by Gasteiger charge is 2.14. The molecule has 0 heterocycles. The molecule has 0 saturated heterocycles. The molecule has 0 aliphatic heterocycles. The van der Waals surface area contributed by atoms with Crippen molar-refractivity contribution in [1.82, 2.24) is 5.32 Å². The van der Waals surface area contributed by atoms with Gasteiger partial charge in [-0.15, -0.1) is 0 Å². The van der Waals surface area contributed by atoms with E-state index in [1.54, 1.807) is 12.1 Å². The van der Waals surface area contributed by atoms with Gasteiger partial charge in [0.1, 0.15) is 0 Å². The maximum absolute atomic E-state index is 11.3. The summed E-state index contributed by atoms with van der Waals surface area (Å²) in [6.07, 6.45) is 4.69. The second-order valence-electron chi connectivity index (χ2n) is 5.02. The molecule has 0 atom stereocenters. The van der Waals surface area contributed by atoms with E-state index in [1.165, 1.54) is 25.0 Å². The van der Waals surface area contributed by atoms with Crippen LogP contribution >= 0.6 is 0 Å². The molecule has 7 heteroatoms. The van der Waals surface area contributed by atoms with Crippen LogP contribution in [0, 0.1) is 0 Å². The zero-order valence-corrected chi connectivity index (χ0v) is 12.1. The molecule has 20 heavy (non-hydrogen) atoms. The number of nitrogens with two attached hydrogens (primary N) is 2. The van der Waals surface area contributed by atoms with Gasteiger partial charge in [0.25, 0.3) is 0 Å². The molecule has 2 rings (SSSR count). The maximum atomic E-state index is 11.3. The van der Waals surface area contributed by atoms with Crippen molar-refractivity contribution in [2.24, 2.45) is 15.9 Å². The fraction of sp³-hybridized carbons (Fsp3) is 0.462. The van der Waals surface area contributed by atoms with Crippen LogP contribution in [-0.2, 0) is 16.6 Å². The lowest BCUT2D eigenvalue weighted by Gasteiger charge is -2.12. The molecule has 1 aromatic rings. The molecule has 1 saturated carbocycles. The number of rotatable bonds is 4. The third-order valence-electron chi connectivity index (χ3n) is 3.37. The Balaban J connectivity index is 1.99. The Kier molecular flexibility index (Phi) is 4.61. The van der Waals surface area contributed by atoms with Gasteiger partial charge in [-0.2, -0.15) is 0 Å². The van der Waals surface area contributed by atoms with Crippen LogP contribution in [0.5, 0.6) is 0 Å². The van der Waals surface area contributed by atoms with Crippen molar-refractivity contribution in [2.75, 3.05) is 0 Å². The lowest BCUT2D eigenvalue weighted by atomic mass is 10.2. The van der Waals surface area contributed by atoms with Crippen molar-refractivity contribution in [1.29, 1.82) is 0 Å². The standard InChI is InChI=1S/C13H20N4O2S/c14-13(17-11-5-1-2-6-11)16-9-10-4-3-7-12(8-10)20(15,18)19/h3-4,7-8,11H,1-2,5-6,9H2,(H3,14,16,17)(H2,15,18,19). The second-order valence-corrected chi connectivity index (χ2v) is 6.58. The van der Waals surface area contributed by atoms with E-state index in [4.69, 9.17) is 10.9 Å². The predicted octanol–water partition coefficient (Wildman–Crippen LogP) is 0.681. The van der Waals surface area contributed by atoms with Gasteiger partial charge in [0.05, 0.1) is 11.4 Å². The summed E-state index contributed by atoms with van der Waals surface area (Å²) >= 11 is 0. The first kappa shape index (κ1) is 14.8. The Morgan fingerprint density at radius 1 is 1.35 bits per heavy atom. The SMILES string of the molecule is NC(=NCc1cccc(S(N)(=O)=O)c1)NC1CCCC1. The normalized spacial score (nSPS) is 17.4. The van der Waals surface area contributed by atoms with Crippen LogP contribution in [0.1, 0.15) is 31.2 Å². The average molecular weight is 296 g/mol. The highest BCUT2D eigenvalue weighted by molar-refractivity contribution is 7.89. The number of hydrogen-bond donors (Lipinski definition) is 3. The van der Waals surface area contributed by atoms with E-state index in [2.05, 4.69) is 10.3 Å². The highest BCUT2D eigenvalue weighted by Crippen LogP contribution is 2.17. The molecule has 1 aliphatic carbocycles. The van der Waals surface area contributed by atoms with Gasteiger partial charge >= 0.3 is 0 Å². The van der Waals surface area contributed by atoms with E-state index in [0.717, 1.165) is 18.4 Å². The van der Waals surface area contributed by atoms with E-state index in [9.17, 15) is 8.42 Å². The molecule has 0 unspecified atom stereocenters. The van der Waals surface area contributed by atoms with Crippen molar-refractivity contribution >= 4 is 16.0 Å². The zero-order valence-electron chi connectivity index (χ0n) is 11.2. The van der Waals surface area contributed by atoms with Gasteiger partial charge in [-0.25, -0.2) is 18.5 Å². The second kappa shape index (κ2) is 6.23. The Labute approximate surface area is 119 Å². The highest BCUT2D eigenvalue weighted by atomic mass is 32.2. The summed E-state index contributed by atoms with van der Waals surface area (Å²) < 4.78 is 22.5. The summed E-state index contributed by atoms with van der Waals surface area (Å²) in [4.78, 5) is 4.32. The van der Waals surface area contributed by atoms with Gasteiger partial charge in [0, 0.05) is 6.04 Å². The minimum Gasteiger partial charge on any atom is -0.370 e. The van der Waals surface area contributed by atoms with Crippen molar-refractivity contribution in [2.45, 2.75) is 43.2 Å². The monoisotopic (exact) mass is 296 g/mol. The van der Waals surface area contributed by atoms with Crippen molar-refractivity contribution in [3.63, 3.8) is 0 Å². The van der Waals surface area contributed by atoms with Gasteiger partial charge in [-0.05, 0) is 30.5 Å². The fourth-order valence-corrected chi connectivity index (χ4v) is 2.91. The van der Waals surface area contributed by atoms with Crippen LogP contribution in [0.25, 0.3) is 0 Å². The van der Waals surface area contributed by atoms with Crippen LogP contribution in [0.3, 0.4) is 0 Å². The first-order valence-electron chi connectivity index (χ1n) is 6.63. The summed E-state index contributed by atoms with van der Waals surface area (Å²) in [6.45, 7) is 0.328. The minimum absolute atomic E-state index is 0.0903. The van der Waals surface area contributed by atoms with Crippen LogP contribution in [0.4, 0.5) is 0 Å². The van der Waals surface area contributed by atoms with Crippen LogP contribution in [-0.4, -0.2) is 20.4 Å². The molecule has 110 valence electrons. The molecule has 6 nitrogen and oxygen atoms in total. The number of guanidine groups is 1. The lowest BCUT2D eigenvalue weighted by molar-refractivity contribution is 0.597. The molecule has 0 bridgehead atoms. The van der Waals surface area contributed by atoms with Gasteiger partial charge in [-0.1, -0.05) is 25.0 Å². The molecular weight excluding hydrogens is 276 g/mol. The zero-order chi connectivity index (χ0) is 14.6. The first-order chi connectivity index (χ1) is 9.45. The van der Waals surface area contributed by atoms with Crippen LogP contribution < -0.4 is 16.2 Å². The summed E-state index contributed by atoms with van der Waals surface area (Å²) in [6, 6.07) is 6.82. The molecule has 1 aromatic carbocycles. The molecule has 0 amide bonds. The molecule has 0 radical (unpaired) electrons. The van der Waals surface area contributed by atoms with Crippen molar-refractivity contribution in [3.05, 3.63) is 29.8 Å². The fourth-order valence-electron chi connectivity index (χ4n) is 2.32. The van der Waals surface area contributed by atoms with E-state index in [1.807, 2.05) is 0 Å². The lowest BCUT2D eigenvalue weighted by Crippen LogP contribution is -2.38. The number of aliphatic imine (C=N–C) groups is 1. The molecule has 5 N–H and O–H groups in total.